The van der Waals surface area contributed by atoms with Crippen molar-refractivity contribution in [1.82, 2.24) is 0 Å². The van der Waals surface area contributed by atoms with Crippen molar-refractivity contribution < 1.29 is 9.47 Å². The van der Waals surface area contributed by atoms with Crippen LogP contribution in [-0.4, -0.2) is 14.2 Å². The molecule has 0 spiro atoms. The van der Waals surface area contributed by atoms with E-state index < -0.39 is 0 Å². The lowest BCUT2D eigenvalue weighted by molar-refractivity contribution is 0.352. The van der Waals surface area contributed by atoms with Gasteiger partial charge < -0.3 is 15.2 Å². The topological polar surface area (TPSA) is 44.5 Å². The van der Waals surface area contributed by atoms with Gasteiger partial charge in [-0.05, 0) is 34.2 Å². The van der Waals surface area contributed by atoms with Crippen LogP contribution in [0.3, 0.4) is 0 Å². The van der Waals surface area contributed by atoms with Gasteiger partial charge in [-0.2, -0.15) is 0 Å². The van der Waals surface area contributed by atoms with Crippen LogP contribution in [0.5, 0.6) is 11.5 Å². The Morgan fingerprint density at radius 1 is 0.909 bits per heavy atom. The largest absolute Gasteiger partial charge is 0.493 e. The first-order valence-corrected chi connectivity index (χ1v) is 7.46. The number of methoxy groups -OCH3 is 2. The summed E-state index contributed by atoms with van der Waals surface area (Å²) in [7, 11) is 3.28. The van der Waals surface area contributed by atoms with Gasteiger partial charge in [0.15, 0.2) is 11.5 Å². The van der Waals surface area contributed by atoms with Crippen molar-refractivity contribution in [3.63, 3.8) is 0 Å². The number of ether oxygens (including phenoxy) is 2. The second-order valence-electron chi connectivity index (χ2n) is 6.40. The monoisotopic (exact) mass is 299 g/mol. The van der Waals surface area contributed by atoms with Crippen molar-refractivity contribution in [3.8, 4) is 22.6 Å². The van der Waals surface area contributed by atoms with E-state index in [1.54, 1.807) is 14.2 Å². The highest BCUT2D eigenvalue weighted by atomic mass is 16.5. The van der Waals surface area contributed by atoms with Gasteiger partial charge >= 0.3 is 0 Å². The molecule has 0 aliphatic heterocycles. The zero-order valence-electron chi connectivity index (χ0n) is 14.1. The second-order valence-corrected chi connectivity index (χ2v) is 6.40. The average Bonchev–Trinajstić information content (AvgIpc) is 2.52. The van der Waals surface area contributed by atoms with E-state index >= 15 is 0 Å². The minimum atomic E-state index is 0.151. The molecular formula is C19H25NO2. The van der Waals surface area contributed by atoms with Crippen LogP contribution in [-0.2, 0) is 12.0 Å². The zero-order valence-corrected chi connectivity index (χ0v) is 14.1. The van der Waals surface area contributed by atoms with Crippen LogP contribution in [0.25, 0.3) is 11.1 Å². The Balaban J connectivity index is 2.48. The standard InChI is InChI=1S/C19H25NO2/c1-19(2,3)16-8-6-13(7-9-16)14-10-15(12-20)18(22-5)17(11-14)21-4/h6-11H,12,20H2,1-5H3. The highest BCUT2D eigenvalue weighted by Crippen LogP contribution is 2.36. The van der Waals surface area contributed by atoms with Crippen LogP contribution in [0.4, 0.5) is 0 Å². The maximum atomic E-state index is 5.84. The van der Waals surface area contributed by atoms with E-state index in [9.17, 15) is 0 Å². The first-order chi connectivity index (χ1) is 10.4. The molecule has 2 rings (SSSR count). The van der Waals surface area contributed by atoms with E-state index in [0.717, 1.165) is 16.7 Å². The lowest BCUT2D eigenvalue weighted by Crippen LogP contribution is -2.10. The summed E-state index contributed by atoms with van der Waals surface area (Å²) in [4.78, 5) is 0. The fraction of sp³-hybridized carbons (Fsp3) is 0.368. The maximum absolute atomic E-state index is 5.84. The molecule has 0 bridgehead atoms. The normalized spacial score (nSPS) is 11.4. The molecule has 2 aromatic carbocycles. The van der Waals surface area contributed by atoms with Gasteiger partial charge in [-0.3, -0.25) is 0 Å². The Bertz CT molecular complexity index is 614. The van der Waals surface area contributed by atoms with E-state index in [4.69, 9.17) is 15.2 Å². The molecule has 2 aromatic rings. The minimum absolute atomic E-state index is 0.151. The molecule has 22 heavy (non-hydrogen) atoms. The molecule has 3 heteroatoms. The predicted molar refractivity (Wildman–Crippen MR) is 91.6 cm³/mol. The van der Waals surface area contributed by atoms with Crippen molar-refractivity contribution in [2.45, 2.75) is 32.7 Å². The average molecular weight is 299 g/mol. The molecule has 0 aliphatic carbocycles. The van der Waals surface area contributed by atoms with Gasteiger partial charge in [0.2, 0.25) is 0 Å². The van der Waals surface area contributed by atoms with Gasteiger partial charge in [-0.25, -0.2) is 0 Å². The van der Waals surface area contributed by atoms with Crippen LogP contribution in [0.1, 0.15) is 31.9 Å². The Morgan fingerprint density at radius 3 is 2.00 bits per heavy atom. The first kappa shape index (κ1) is 16.4. The van der Waals surface area contributed by atoms with Gasteiger partial charge in [0.05, 0.1) is 14.2 Å². The van der Waals surface area contributed by atoms with Gasteiger partial charge in [-0.1, -0.05) is 45.0 Å². The molecule has 0 saturated carbocycles. The molecule has 0 aromatic heterocycles. The molecule has 0 saturated heterocycles. The van der Waals surface area contributed by atoms with E-state index in [0.29, 0.717) is 18.0 Å². The van der Waals surface area contributed by atoms with Gasteiger partial charge in [0, 0.05) is 12.1 Å². The summed E-state index contributed by atoms with van der Waals surface area (Å²) >= 11 is 0. The molecule has 0 amide bonds. The fourth-order valence-electron chi connectivity index (χ4n) is 2.52. The van der Waals surface area contributed by atoms with Crippen LogP contribution in [0.2, 0.25) is 0 Å². The van der Waals surface area contributed by atoms with E-state index in [1.807, 2.05) is 6.07 Å². The fourth-order valence-corrected chi connectivity index (χ4v) is 2.52. The van der Waals surface area contributed by atoms with Crippen LogP contribution in [0.15, 0.2) is 36.4 Å². The lowest BCUT2D eigenvalue weighted by atomic mass is 9.86. The summed E-state index contributed by atoms with van der Waals surface area (Å²) in [6.45, 7) is 7.05. The molecule has 0 fully saturated rings. The quantitative estimate of drug-likeness (QED) is 0.923. The number of hydrogen-bond acceptors (Lipinski definition) is 3. The van der Waals surface area contributed by atoms with Crippen LogP contribution in [0, 0.1) is 0 Å². The summed E-state index contributed by atoms with van der Waals surface area (Å²) in [5.41, 5.74) is 10.5. The van der Waals surface area contributed by atoms with Crippen molar-refractivity contribution >= 4 is 0 Å². The van der Waals surface area contributed by atoms with Gasteiger partial charge in [0.25, 0.3) is 0 Å². The molecule has 3 nitrogen and oxygen atoms in total. The van der Waals surface area contributed by atoms with E-state index in [1.165, 1.54) is 5.56 Å². The summed E-state index contributed by atoms with van der Waals surface area (Å²) in [6.07, 6.45) is 0. The Hall–Kier alpha value is -2.00. The number of rotatable bonds is 4. The zero-order chi connectivity index (χ0) is 16.3. The maximum Gasteiger partial charge on any atom is 0.165 e. The predicted octanol–water partition coefficient (Wildman–Crippen LogP) is 4.13. The lowest BCUT2D eigenvalue weighted by Gasteiger charge is -2.19. The molecule has 2 N–H and O–H groups in total. The minimum Gasteiger partial charge on any atom is -0.493 e. The summed E-state index contributed by atoms with van der Waals surface area (Å²) in [6, 6.07) is 12.7. The molecule has 0 unspecified atom stereocenters. The molecule has 0 atom stereocenters. The number of benzene rings is 2. The Labute approximate surface area is 133 Å². The summed E-state index contributed by atoms with van der Waals surface area (Å²) in [5, 5.41) is 0. The number of nitrogens with two attached hydrogens (primary N) is 1. The molecular weight excluding hydrogens is 274 g/mol. The summed E-state index contributed by atoms with van der Waals surface area (Å²) < 4.78 is 10.8. The third kappa shape index (κ3) is 3.25. The van der Waals surface area contributed by atoms with Gasteiger partial charge in [0.1, 0.15) is 0 Å². The van der Waals surface area contributed by atoms with Crippen LogP contribution < -0.4 is 15.2 Å². The van der Waals surface area contributed by atoms with Crippen molar-refractivity contribution in [2.24, 2.45) is 5.73 Å². The molecule has 0 aliphatic rings. The van der Waals surface area contributed by atoms with Crippen LogP contribution >= 0.6 is 0 Å². The SMILES string of the molecule is COc1cc(-c2ccc(C(C)(C)C)cc2)cc(CN)c1OC. The Kier molecular flexibility index (Phi) is 4.77. The van der Waals surface area contributed by atoms with E-state index in [-0.39, 0.29) is 5.41 Å². The van der Waals surface area contributed by atoms with E-state index in [2.05, 4.69) is 51.1 Å². The third-order valence-electron chi connectivity index (χ3n) is 3.86. The molecule has 0 heterocycles. The second kappa shape index (κ2) is 6.41. The highest BCUT2D eigenvalue weighted by molar-refractivity contribution is 5.69. The molecule has 0 radical (unpaired) electrons. The first-order valence-electron chi connectivity index (χ1n) is 7.46. The summed E-state index contributed by atoms with van der Waals surface area (Å²) in [5.74, 6) is 1.42. The Morgan fingerprint density at radius 2 is 1.55 bits per heavy atom. The number of hydrogen-bond donors (Lipinski definition) is 1. The smallest absolute Gasteiger partial charge is 0.165 e. The highest BCUT2D eigenvalue weighted by Gasteiger charge is 2.15. The third-order valence-corrected chi connectivity index (χ3v) is 3.86. The molecule has 118 valence electrons. The van der Waals surface area contributed by atoms with Crippen molar-refractivity contribution in [1.29, 1.82) is 0 Å². The van der Waals surface area contributed by atoms with Gasteiger partial charge in [-0.15, -0.1) is 0 Å². The van der Waals surface area contributed by atoms with Crippen molar-refractivity contribution in [3.05, 3.63) is 47.5 Å². The van der Waals surface area contributed by atoms with Crippen molar-refractivity contribution in [2.75, 3.05) is 14.2 Å².